The molecular formula is C16H24N2O2. The van der Waals surface area contributed by atoms with E-state index in [4.69, 9.17) is 4.74 Å². The zero-order chi connectivity index (χ0) is 13.9. The highest BCUT2D eigenvalue weighted by atomic mass is 16.5. The monoisotopic (exact) mass is 276 g/mol. The van der Waals surface area contributed by atoms with Crippen LogP contribution in [0.15, 0.2) is 18.3 Å². The molecule has 0 unspecified atom stereocenters. The van der Waals surface area contributed by atoms with Crippen molar-refractivity contribution in [2.45, 2.75) is 51.2 Å². The lowest BCUT2D eigenvalue weighted by atomic mass is 10.1. The zero-order valence-electron chi connectivity index (χ0n) is 12.2. The molecule has 110 valence electrons. The van der Waals surface area contributed by atoms with Gasteiger partial charge < -0.3 is 14.6 Å². The molecule has 0 aromatic carbocycles. The quantitative estimate of drug-likeness (QED) is 0.899. The van der Waals surface area contributed by atoms with E-state index in [1.165, 1.54) is 25.7 Å². The Hall–Kier alpha value is -1.29. The summed E-state index contributed by atoms with van der Waals surface area (Å²) >= 11 is 0. The number of H-pyrrole nitrogens is 1. The van der Waals surface area contributed by atoms with Crippen molar-refractivity contribution in [2.75, 3.05) is 13.1 Å². The highest BCUT2D eigenvalue weighted by molar-refractivity contribution is 5.92. The van der Waals surface area contributed by atoms with E-state index in [1.807, 2.05) is 17.0 Å². The van der Waals surface area contributed by atoms with Crippen molar-refractivity contribution < 1.29 is 9.53 Å². The average molecular weight is 276 g/mol. The predicted octanol–water partition coefficient (Wildman–Crippen LogP) is 2.82. The van der Waals surface area contributed by atoms with Crippen LogP contribution in [0.3, 0.4) is 0 Å². The summed E-state index contributed by atoms with van der Waals surface area (Å²) < 4.78 is 6.21. The first-order valence-corrected chi connectivity index (χ1v) is 7.86. The van der Waals surface area contributed by atoms with Crippen LogP contribution in [0, 0.1) is 5.92 Å². The van der Waals surface area contributed by atoms with Crippen molar-refractivity contribution in [1.82, 2.24) is 9.88 Å². The van der Waals surface area contributed by atoms with Crippen molar-refractivity contribution in [3.05, 3.63) is 24.0 Å². The summed E-state index contributed by atoms with van der Waals surface area (Å²) in [6, 6.07) is 3.73. The second-order valence-electron chi connectivity index (χ2n) is 6.07. The van der Waals surface area contributed by atoms with E-state index >= 15 is 0 Å². The Morgan fingerprint density at radius 1 is 1.45 bits per heavy atom. The molecule has 1 aliphatic heterocycles. The molecule has 2 fully saturated rings. The SMILES string of the molecule is CCCC[C@@H]1CN(C(=O)c2ccc[nH]2)C[C@H](C2CC2)O1. The van der Waals surface area contributed by atoms with Crippen LogP contribution in [0.2, 0.25) is 0 Å². The predicted molar refractivity (Wildman–Crippen MR) is 77.6 cm³/mol. The molecule has 2 aliphatic rings. The molecule has 2 atom stereocenters. The number of ether oxygens (including phenoxy) is 1. The minimum Gasteiger partial charge on any atom is -0.371 e. The highest BCUT2D eigenvalue weighted by Crippen LogP contribution is 2.37. The summed E-state index contributed by atoms with van der Waals surface area (Å²) in [6.07, 6.45) is 8.21. The van der Waals surface area contributed by atoms with Crippen molar-refractivity contribution in [3.8, 4) is 0 Å². The Labute approximate surface area is 120 Å². The van der Waals surface area contributed by atoms with E-state index in [9.17, 15) is 4.79 Å². The Kier molecular flexibility index (Phi) is 4.10. The van der Waals surface area contributed by atoms with Gasteiger partial charge in [-0.2, -0.15) is 0 Å². The number of carbonyl (C=O) groups excluding carboxylic acids is 1. The van der Waals surface area contributed by atoms with Gasteiger partial charge in [-0.25, -0.2) is 0 Å². The first-order valence-electron chi connectivity index (χ1n) is 7.86. The van der Waals surface area contributed by atoms with E-state index in [1.54, 1.807) is 6.20 Å². The maximum Gasteiger partial charge on any atom is 0.270 e. The molecule has 4 nitrogen and oxygen atoms in total. The number of unbranched alkanes of at least 4 members (excludes halogenated alkanes) is 1. The molecule has 0 bridgehead atoms. The summed E-state index contributed by atoms with van der Waals surface area (Å²) in [5, 5.41) is 0. The highest BCUT2D eigenvalue weighted by Gasteiger charge is 2.39. The fourth-order valence-electron chi connectivity index (χ4n) is 2.99. The number of hydrogen-bond donors (Lipinski definition) is 1. The maximum absolute atomic E-state index is 12.5. The van der Waals surface area contributed by atoms with Crippen LogP contribution in [-0.4, -0.2) is 41.1 Å². The zero-order valence-corrected chi connectivity index (χ0v) is 12.2. The molecule has 0 spiro atoms. The van der Waals surface area contributed by atoms with Gasteiger partial charge in [0, 0.05) is 19.3 Å². The van der Waals surface area contributed by atoms with Crippen LogP contribution in [0.25, 0.3) is 0 Å². The van der Waals surface area contributed by atoms with Gasteiger partial charge in [-0.3, -0.25) is 4.79 Å². The van der Waals surface area contributed by atoms with Gasteiger partial charge in [-0.1, -0.05) is 19.8 Å². The number of rotatable bonds is 5. The minimum absolute atomic E-state index is 0.116. The third-order valence-electron chi connectivity index (χ3n) is 4.33. The molecule has 3 rings (SSSR count). The van der Waals surface area contributed by atoms with E-state index in [0.717, 1.165) is 19.5 Å². The molecule has 20 heavy (non-hydrogen) atoms. The Balaban J connectivity index is 1.67. The largest absolute Gasteiger partial charge is 0.371 e. The molecular weight excluding hydrogens is 252 g/mol. The van der Waals surface area contributed by atoms with Gasteiger partial charge in [0.05, 0.1) is 12.2 Å². The normalized spacial score (nSPS) is 26.8. The Bertz CT molecular complexity index is 439. The van der Waals surface area contributed by atoms with Gasteiger partial charge in [0.25, 0.3) is 5.91 Å². The average Bonchev–Trinajstić information content (AvgIpc) is 3.19. The van der Waals surface area contributed by atoms with E-state index < -0.39 is 0 Å². The van der Waals surface area contributed by atoms with Crippen LogP contribution in [0.5, 0.6) is 0 Å². The lowest BCUT2D eigenvalue weighted by molar-refractivity contribution is -0.0875. The van der Waals surface area contributed by atoms with Gasteiger partial charge >= 0.3 is 0 Å². The standard InChI is InChI=1S/C16H24N2O2/c1-2-3-5-13-10-18(11-15(20-13)12-7-8-12)16(19)14-6-4-9-17-14/h4,6,9,12-13,15,17H,2-3,5,7-8,10-11H2,1H3/t13-,15-/m1/s1. The Morgan fingerprint density at radius 2 is 2.30 bits per heavy atom. The number of nitrogens with one attached hydrogen (secondary N) is 1. The first-order chi connectivity index (χ1) is 9.78. The molecule has 4 heteroatoms. The number of aromatic amines is 1. The topological polar surface area (TPSA) is 45.3 Å². The van der Waals surface area contributed by atoms with Gasteiger partial charge in [-0.15, -0.1) is 0 Å². The fourth-order valence-corrected chi connectivity index (χ4v) is 2.99. The molecule has 1 aromatic heterocycles. The molecule has 0 radical (unpaired) electrons. The number of morpholine rings is 1. The third kappa shape index (κ3) is 3.06. The van der Waals surface area contributed by atoms with Gasteiger partial charge in [0.15, 0.2) is 0 Å². The van der Waals surface area contributed by atoms with Gasteiger partial charge in [-0.05, 0) is 37.3 Å². The Morgan fingerprint density at radius 3 is 2.95 bits per heavy atom. The molecule has 1 saturated carbocycles. The lowest BCUT2D eigenvalue weighted by Crippen LogP contribution is -2.50. The summed E-state index contributed by atoms with van der Waals surface area (Å²) in [5.74, 6) is 0.795. The van der Waals surface area contributed by atoms with Gasteiger partial charge in [0.1, 0.15) is 5.69 Å². The second kappa shape index (κ2) is 6.00. The van der Waals surface area contributed by atoms with Crippen LogP contribution >= 0.6 is 0 Å². The summed E-state index contributed by atoms with van der Waals surface area (Å²) in [7, 11) is 0. The van der Waals surface area contributed by atoms with E-state index in [2.05, 4.69) is 11.9 Å². The summed E-state index contributed by atoms with van der Waals surface area (Å²) in [5.41, 5.74) is 0.690. The third-order valence-corrected chi connectivity index (χ3v) is 4.33. The molecule has 2 heterocycles. The number of carbonyl (C=O) groups is 1. The van der Waals surface area contributed by atoms with E-state index in [-0.39, 0.29) is 18.1 Å². The second-order valence-corrected chi connectivity index (χ2v) is 6.07. The van der Waals surface area contributed by atoms with Crippen LogP contribution in [-0.2, 0) is 4.74 Å². The van der Waals surface area contributed by atoms with Crippen molar-refractivity contribution in [2.24, 2.45) is 5.92 Å². The number of amides is 1. The maximum atomic E-state index is 12.5. The van der Waals surface area contributed by atoms with E-state index in [0.29, 0.717) is 11.6 Å². The first kappa shape index (κ1) is 13.7. The van der Waals surface area contributed by atoms with Crippen molar-refractivity contribution >= 4 is 5.91 Å². The fraction of sp³-hybridized carbons (Fsp3) is 0.688. The number of hydrogen-bond acceptors (Lipinski definition) is 2. The summed E-state index contributed by atoms with van der Waals surface area (Å²) in [4.78, 5) is 17.5. The van der Waals surface area contributed by atoms with Crippen molar-refractivity contribution in [1.29, 1.82) is 0 Å². The molecule has 1 amide bonds. The van der Waals surface area contributed by atoms with Crippen molar-refractivity contribution in [3.63, 3.8) is 0 Å². The lowest BCUT2D eigenvalue weighted by Gasteiger charge is -2.38. The molecule has 1 aromatic rings. The van der Waals surface area contributed by atoms with Crippen LogP contribution in [0.1, 0.15) is 49.5 Å². The smallest absolute Gasteiger partial charge is 0.270 e. The van der Waals surface area contributed by atoms with Crippen LogP contribution in [0.4, 0.5) is 0 Å². The van der Waals surface area contributed by atoms with Crippen LogP contribution < -0.4 is 0 Å². The summed E-state index contributed by atoms with van der Waals surface area (Å²) in [6.45, 7) is 3.69. The van der Waals surface area contributed by atoms with Gasteiger partial charge in [0.2, 0.25) is 0 Å². The molecule has 1 saturated heterocycles. The number of aromatic nitrogens is 1. The number of nitrogens with zero attached hydrogens (tertiary/aromatic N) is 1. The molecule has 1 N–H and O–H groups in total. The molecule has 1 aliphatic carbocycles. The minimum atomic E-state index is 0.116.